The first kappa shape index (κ1) is 21.7. The Morgan fingerprint density at radius 3 is 1.64 bits per heavy atom. The summed E-state index contributed by atoms with van der Waals surface area (Å²) >= 11 is 1.68. The molecule has 0 aliphatic carbocycles. The summed E-state index contributed by atoms with van der Waals surface area (Å²) in [6.45, 7) is 4.30. The van der Waals surface area contributed by atoms with Gasteiger partial charge in [0.05, 0.1) is 5.69 Å². The fourth-order valence-corrected chi connectivity index (χ4v) is 9.48. The van der Waals surface area contributed by atoms with Crippen molar-refractivity contribution in [2.75, 3.05) is 0 Å². The van der Waals surface area contributed by atoms with Gasteiger partial charge in [0.2, 0.25) is 5.44 Å². The molecule has 0 spiro atoms. The van der Waals surface area contributed by atoms with Crippen molar-refractivity contribution < 1.29 is 0 Å². The maximum Gasteiger partial charge on any atom is 0.219 e. The van der Waals surface area contributed by atoms with E-state index < -0.39 is 7.26 Å². The summed E-state index contributed by atoms with van der Waals surface area (Å²) < 4.78 is 0. The lowest BCUT2D eigenvalue weighted by Crippen LogP contribution is -2.40. The van der Waals surface area contributed by atoms with Crippen LogP contribution < -0.4 is 21.3 Å². The molecular weight excluding hydrogens is 439 g/mol. The van der Waals surface area contributed by atoms with E-state index in [0.29, 0.717) is 0 Å². The first-order chi connectivity index (χ1) is 16.2. The second kappa shape index (κ2) is 9.39. The third-order valence-corrected chi connectivity index (χ3v) is 11.0. The fourth-order valence-electron chi connectivity index (χ4n) is 4.28. The second-order valence-electron chi connectivity index (χ2n) is 8.08. The third-order valence-electron chi connectivity index (χ3n) is 5.82. The quantitative estimate of drug-likeness (QED) is 0.321. The van der Waals surface area contributed by atoms with Crippen molar-refractivity contribution in [2.45, 2.75) is 23.9 Å². The van der Waals surface area contributed by atoms with Gasteiger partial charge < -0.3 is 4.98 Å². The molecule has 1 aromatic heterocycles. The molecule has 0 aliphatic heterocycles. The average Bonchev–Trinajstić information content (AvgIpc) is 3.22. The number of nitrogens with zero attached hydrogens (tertiary/aromatic N) is 1. The summed E-state index contributed by atoms with van der Waals surface area (Å²) in [4.78, 5) is 10.1. The van der Waals surface area contributed by atoms with E-state index in [4.69, 9.17) is 4.98 Å². The van der Waals surface area contributed by atoms with Crippen LogP contribution in [0.4, 0.5) is 0 Å². The van der Waals surface area contributed by atoms with Crippen LogP contribution in [0.5, 0.6) is 0 Å². The van der Waals surface area contributed by atoms with E-state index in [0.717, 1.165) is 16.3 Å². The molecule has 5 rings (SSSR count). The van der Waals surface area contributed by atoms with Gasteiger partial charge >= 0.3 is 0 Å². The molecule has 4 aromatic carbocycles. The predicted molar refractivity (Wildman–Crippen MR) is 143 cm³/mol. The molecule has 0 fully saturated rings. The Hall–Kier alpha value is -3.13. The molecule has 2 nitrogen and oxygen atoms in total. The number of imidazole rings is 1. The highest BCUT2D eigenvalue weighted by Crippen LogP contribution is 2.54. The normalized spacial score (nSPS) is 11.5. The molecule has 0 unspecified atom stereocenters. The summed E-state index contributed by atoms with van der Waals surface area (Å²) in [5.74, 6) is 0. The summed E-state index contributed by atoms with van der Waals surface area (Å²) in [5.41, 5.74) is 3.52. The van der Waals surface area contributed by atoms with Gasteiger partial charge in [-0.1, -0.05) is 84.1 Å². The van der Waals surface area contributed by atoms with Crippen LogP contribution >= 0.6 is 19.0 Å². The number of aromatic nitrogens is 2. The third kappa shape index (κ3) is 4.15. The zero-order valence-electron chi connectivity index (χ0n) is 18.8. The van der Waals surface area contributed by atoms with Crippen molar-refractivity contribution >= 4 is 40.4 Å². The SMILES string of the molecule is Cc1ccc([P+](c2ccccc2)(c2ccccc2)c2nc(Sc3ccccc3)[nH]c2C)cc1. The average molecular weight is 466 g/mol. The van der Waals surface area contributed by atoms with E-state index in [-0.39, 0.29) is 0 Å². The van der Waals surface area contributed by atoms with Crippen LogP contribution in [0.3, 0.4) is 0 Å². The first-order valence-electron chi connectivity index (χ1n) is 11.1. The van der Waals surface area contributed by atoms with E-state index in [2.05, 4.69) is 128 Å². The lowest BCUT2D eigenvalue weighted by atomic mass is 10.2. The molecule has 0 radical (unpaired) electrons. The standard InChI is InChI=1S/C29H26N2PS/c1-22-18-20-26(21-19-22)32(24-12-6-3-7-13-24,25-14-8-4-9-15-25)28-23(2)30-29(31-28)33-27-16-10-5-11-17-27/h3-21H,1-2H3,(H,30,31)/q+1. The highest BCUT2D eigenvalue weighted by Gasteiger charge is 2.51. The van der Waals surface area contributed by atoms with Crippen molar-refractivity contribution in [2.24, 2.45) is 0 Å². The van der Waals surface area contributed by atoms with Gasteiger partial charge in [-0.15, -0.1) is 0 Å². The van der Waals surface area contributed by atoms with Gasteiger partial charge in [-0.05, 0) is 62.4 Å². The van der Waals surface area contributed by atoms with Crippen LogP contribution in [-0.2, 0) is 0 Å². The summed E-state index contributed by atoms with van der Waals surface area (Å²) in [6.07, 6.45) is 0. The molecular formula is C29H26N2PS+. The molecule has 33 heavy (non-hydrogen) atoms. The predicted octanol–water partition coefficient (Wildman–Crippen LogP) is 5.80. The molecule has 5 aromatic rings. The minimum Gasteiger partial charge on any atom is -0.333 e. The van der Waals surface area contributed by atoms with Gasteiger partial charge in [0, 0.05) is 4.90 Å². The highest BCUT2D eigenvalue weighted by atomic mass is 32.2. The minimum absolute atomic E-state index is 0.928. The van der Waals surface area contributed by atoms with Crippen LogP contribution in [0.15, 0.2) is 125 Å². The van der Waals surface area contributed by atoms with Crippen LogP contribution in [0.2, 0.25) is 0 Å². The van der Waals surface area contributed by atoms with Gasteiger partial charge in [-0.25, -0.2) is 0 Å². The van der Waals surface area contributed by atoms with Gasteiger partial charge in [0.15, 0.2) is 12.4 Å². The molecule has 0 bridgehead atoms. The zero-order valence-corrected chi connectivity index (χ0v) is 20.5. The lowest BCUT2D eigenvalue weighted by Gasteiger charge is -2.26. The van der Waals surface area contributed by atoms with Crippen molar-refractivity contribution in [3.05, 3.63) is 127 Å². The van der Waals surface area contributed by atoms with Crippen LogP contribution in [0.25, 0.3) is 0 Å². The number of aryl methyl sites for hydroxylation is 2. The molecule has 0 aliphatic rings. The van der Waals surface area contributed by atoms with Crippen molar-refractivity contribution in [1.29, 1.82) is 0 Å². The fraction of sp³-hybridized carbons (Fsp3) is 0.0690. The van der Waals surface area contributed by atoms with E-state index in [1.54, 1.807) is 11.8 Å². The number of H-pyrrole nitrogens is 1. The number of aromatic amines is 1. The molecule has 1 N–H and O–H groups in total. The van der Waals surface area contributed by atoms with E-state index in [9.17, 15) is 0 Å². The maximum absolute atomic E-state index is 5.29. The number of rotatable bonds is 6. The molecule has 0 atom stereocenters. The molecule has 0 saturated heterocycles. The second-order valence-corrected chi connectivity index (χ2v) is 12.5. The van der Waals surface area contributed by atoms with Crippen LogP contribution in [0, 0.1) is 13.8 Å². The number of benzene rings is 4. The van der Waals surface area contributed by atoms with Crippen molar-refractivity contribution in [3.8, 4) is 0 Å². The van der Waals surface area contributed by atoms with Crippen LogP contribution in [0.1, 0.15) is 11.3 Å². The van der Waals surface area contributed by atoms with E-state index in [1.165, 1.54) is 26.4 Å². The highest BCUT2D eigenvalue weighted by molar-refractivity contribution is 8.01. The summed E-state index contributed by atoms with van der Waals surface area (Å²) in [6, 6.07) is 41.2. The number of nitrogens with one attached hydrogen (secondary N) is 1. The first-order valence-corrected chi connectivity index (χ1v) is 13.7. The molecule has 0 saturated carbocycles. The molecule has 4 heteroatoms. The monoisotopic (exact) mass is 465 g/mol. The van der Waals surface area contributed by atoms with E-state index >= 15 is 0 Å². The van der Waals surface area contributed by atoms with Gasteiger partial charge in [0.25, 0.3) is 0 Å². The van der Waals surface area contributed by atoms with Gasteiger partial charge in [-0.3, -0.25) is 0 Å². The topological polar surface area (TPSA) is 28.7 Å². The lowest BCUT2D eigenvalue weighted by molar-refractivity contribution is 1.04. The Morgan fingerprint density at radius 2 is 1.09 bits per heavy atom. The molecule has 1 heterocycles. The van der Waals surface area contributed by atoms with Gasteiger partial charge in [-0.2, -0.15) is 4.98 Å². The minimum atomic E-state index is -2.20. The maximum atomic E-state index is 5.29. The summed E-state index contributed by atoms with van der Waals surface area (Å²) in [5, 5.41) is 4.87. The van der Waals surface area contributed by atoms with Gasteiger partial charge in [0.1, 0.15) is 15.9 Å². The Kier molecular flexibility index (Phi) is 6.17. The Labute approximate surface area is 200 Å². The van der Waals surface area contributed by atoms with Crippen molar-refractivity contribution in [3.63, 3.8) is 0 Å². The Balaban J connectivity index is 1.78. The number of hydrogen-bond donors (Lipinski definition) is 1. The summed E-state index contributed by atoms with van der Waals surface area (Å²) in [7, 11) is -2.20. The Bertz CT molecular complexity index is 1290. The van der Waals surface area contributed by atoms with Crippen LogP contribution in [-0.4, -0.2) is 9.97 Å². The van der Waals surface area contributed by atoms with E-state index in [1.807, 2.05) is 6.07 Å². The smallest absolute Gasteiger partial charge is 0.219 e. The number of hydrogen-bond acceptors (Lipinski definition) is 2. The largest absolute Gasteiger partial charge is 0.333 e. The molecule has 0 amide bonds. The Morgan fingerprint density at radius 1 is 0.606 bits per heavy atom. The zero-order chi connectivity index (χ0) is 22.7. The molecule has 162 valence electrons. The van der Waals surface area contributed by atoms with Crippen molar-refractivity contribution in [1.82, 2.24) is 9.97 Å².